The van der Waals surface area contributed by atoms with Crippen LogP contribution >= 0.6 is 0 Å². The average molecular weight is 295 g/mol. The van der Waals surface area contributed by atoms with Crippen molar-refractivity contribution in [1.29, 1.82) is 0 Å². The van der Waals surface area contributed by atoms with Crippen molar-refractivity contribution in [2.24, 2.45) is 0 Å². The van der Waals surface area contributed by atoms with E-state index in [1.54, 1.807) is 19.9 Å². The predicted molar refractivity (Wildman–Crippen MR) is 75.1 cm³/mol. The molecule has 0 radical (unpaired) electrons. The van der Waals surface area contributed by atoms with Crippen LogP contribution in [-0.2, 0) is 23.7 Å². The predicted octanol–water partition coefficient (Wildman–Crippen LogP) is 0.572. The molecule has 0 saturated carbocycles. The first kappa shape index (κ1) is 16.0. The Morgan fingerprint density at radius 2 is 2.14 bits per heavy atom. The summed E-state index contributed by atoms with van der Waals surface area (Å²) in [5.74, 6) is 1.55. The fourth-order valence-corrected chi connectivity index (χ4v) is 2.62. The number of nitrogens with one attached hydrogen (secondary N) is 1. The van der Waals surface area contributed by atoms with Gasteiger partial charge < -0.3 is 24.3 Å². The molecule has 0 aromatic heterocycles. The van der Waals surface area contributed by atoms with Gasteiger partial charge in [-0.3, -0.25) is 4.79 Å². The van der Waals surface area contributed by atoms with Crippen LogP contribution < -0.4 is 5.32 Å². The summed E-state index contributed by atoms with van der Waals surface area (Å²) in [4.78, 5) is 11.5. The van der Waals surface area contributed by atoms with Gasteiger partial charge in [-0.25, -0.2) is 0 Å². The van der Waals surface area contributed by atoms with Gasteiger partial charge >= 0.3 is 0 Å². The van der Waals surface area contributed by atoms with E-state index in [1.165, 1.54) is 6.92 Å². The fourth-order valence-electron chi connectivity index (χ4n) is 2.62. The second-order valence-corrected chi connectivity index (χ2v) is 5.50. The van der Waals surface area contributed by atoms with Gasteiger partial charge in [0.25, 0.3) is 0 Å². The number of hydrogen-bond acceptors (Lipinski definition) is 5. The van der Waals surface area contributed by atoms with E-state index in [2.05, 4.69) is 17.8 Å². The third-order valence-electron chi connectivity index (χ3n) is 3.30. The normalized spacial score (nSPS) is 37.3. The molecule has 2 aliphatic heterocycles. The molecule has 1 N–H and O–H groups in total. The maximum absolute atomic E-state index is 11.5. The Kier molecular flexibility index (Phi) is 4.69. The third kappa shape index (κ3) is 3.44. The van der Waals surface area contributed by atoms with E-state index in [0.29, 0.717) is 0 Å². The van der Waals surface area contributed by atoms with Crippen LogP contribution in [-0.4, -0.2) is 48.9 Å². The zero-order valence-corrected chi connectivity index (χ0v) is 12.5. The summed E-state index contributed by atoms with van der Waals surface area (Å²) < 4.78 is 23.0. The Balaban J connectivity index is 2.25. The first-order valence-electron chi connectivity index (χ1n) is 6.85. The maximum atomic E-state index is 11.5. The van der Waals surface area contributed by atoms with Gasteiger partial charge in [0.1, 0.15) is 24.4 Å². The molecule has 116 valence electrons. The number of ether oxygens (including phenoxy) is 4. The molecular formula is C15H21NO5. The Labute approximate surface area is 124 Å². The maximum Gasteiger partial charge on any atom is 0.217 e. The molecule has 1 amide bonds. The summed E-state index contributed by atoms with van der Waals surface area (Å²) in [6, 6.07) is -0.501. The van der Waals surface area contributed by atoms with E-state index in [0.717, 1.165) is 0 Å². The molecule has 0 aromatic rings. The fraction of sp³-hybridized carbons (Fsp3) is 0.667. The van der Waals surface area contributed by atoms with E-state index in [4.69, 9.17) is 25.4 Å². The highest BCUT2D eigenvalue weighted by Crippen LogP contribution is 2.37. The van der Waals surface area contributed by atoms with E-state index < -0.39 is 36.4 Å². The quantitative estimate of drug-likeness (QED) is 0.607. The standard InChI is InChI=1S/C15H21NO5/c1-6-8-18-14-11(16-9(3)17)13-12(10(7-2)19-14)20-15(4,5)21-13/h2,6,10-14H,1,8H2,3-5H3,(H,16,17)/t10-,11-,12+,13-,14+/m1/s1. The first-order chi connectivity index (χ1) is 9.88. The van der Waals surface area contributed by atoms with Gasteiger partial charge in [0.15, 0.2) is 12.1 Å². The number of carbonyl (C=O) groups excluding carboxylic acids is 1. The van der Waals surface area contributed by atoms with Crippen molar-refractivity contribution in [3.05, 3.63) is 12.7 Å². The van der Waals surface area contributed by atoms with Crippen molar-refractivity contribution in [3.63, 3.8) is 0 Å². The second kappa shape index (κ2) is 6.16. The Hall–Kier alpha value is -1.39. The minimum absolute atomic E-state index is 0.206. The molecule has 2 aliphatic rings. The second-order valence-electron chi connectivity index (χ2n) is 5.50. The van der Waals surface area contributed by atoms with Crippen LogP contribution in [0.25, 0.3) is 0 Å². The van der Waals surface area contributed by atoms with Gasteiger partial charge in [-0.1, -0.05) is 12.0 Å². The average Bonchev–Trinajstić information content (AvgIpc) is 2.72. The summed E-state index contributed by atoms with van der Waals surface area (Å²) in [7, 11) is 0. The molecule has 2 rings (SSSR count). The lowest BCUT2D eigenvalue weighted by Crippen LogP contribution is -2.62. The third-order valence-corrected chi connectivity index (χ3v) is 3.30. The van der Waals surface area contributed by atoms with Crippen LogP contribution in [0.3, 0.4) is 0 Å². The van der Waals surface area contributed by atoms with Crippen molar-refractivity contribution in [2.75, 3.05) is 6.61 Å². The number of terminal acetylenes is 1. The summed E-state index contributed by atoms with van der Waals surface area (Å²) >= 11 is 0. The van der Waals surface area contributed by atoms with Gasteiger partial charge in [-0.2, -0.15) is 0 Å². The molecule has 21 heavy (non-hydrogen) atoms. The molecule has 2 heterocycles. The van der Waals surface area contributed by atoms with Crippen molar-refractivity contribution in [2.45, 2.75) is 57.2 Å². The number of amides is 1. The lowest BCUT2D eigenvalue weighted by molar-refractivity contribution is -0.226. The van der Waals surface area contributed by atoms with Gasteiger partial charge in [0, 0.05) is 6.92 Å². The van der Waals surface area contributed by atoms with Crippen molar-refractivity contribution in [1.82, 2.24) is 5.32 Å². The van der Waals surface area contributed by atoms with Crippen molar-refractivity contribution < 1.29 is 23.7 Å². The number of carbonyl (C=O) groups is 1. The zero-order valence-electron chi connectivity index (χ0n) is 12.5. The SMILES string of the molecule is C#C[C@H]1O[C@H](OCC=C)[C@H](NC(C)=O)[C@H]2OC(C)(C)O[C@H]21. The zero-order chi connectivity index (χ0) is 15.6. The van der Waals surface area contributed by atoms with E-state index in [-0.39, 0.29) is 12.5 Å². The van der Waals surface area contributed by atoms with Crippen LogP contribution in [0, 0.1) is 12.3 Å². The van der Waals surface area contributed by atoms with Gasteiger partial charge in [0.05, 0.1) is 6.61 Å². The summed E-state index contributed by atoms with van der Waals surface area (Å²) in [6.45, 7) is 8.89. The highest BCUT2D eigenvalue weighted by Gasteiger charge is 2.55. The van der Waals surface area contributed by atoms with Crippen LogP contribution in [0.2, 0.25) is 0 Å². The van der Waals surface area contributed by atoms with Crippen LogP contribution in [0.5, 0.6) is 0 Å². The molecule has 0 aliphatic carbocycles. The largest absolute Gasteiger partial charge is 0.346 e. The van der Waals surface area contributed by atoms with E-state index in [1.807, 2.05) is 0 Å². The minimum atomic E-state index is -0.794. The molecule has 5 atom stereocenters. The van der Waals surface area contributed by atoms with E-state index in [9.17, 15) is 4.79 Å². The highest BCUT2D eigenvalue weighted by atomic mass is 16.8. The van der Waals surface area contributed by atoms with Crippen LogP contribution in [0.1, 0.15) is 20.8 Å². The Morgan fingerprint density at radius 3 is 2.71 bits per heavy atom. The smallest absolute Gasteiger partial charge is 0.217 e. The molecule has 0 spiro atoms. The van der Waals surface area contributed by atoms with Crippen LogP contribution in [0.15, 0.2) is 12.7 Å². The first-order valence-corrected chi connectivity index (χ1v) is 6.85. The topological polar surface area (TPSA) is 66.0 Å². The van der Waals surface area contributed by atoms with Gasteiger partial charge in [0.2, 0.25) is 5.91 Å². The lowest BCUT2D eigenvalue weighted by Gasteiger charge is -2.40. The minimum Gasteiger partial charge on any atom is -0.346 e. The lowest BCUT2D eigenvalue weighted by atomic mass is 9.97. The monoisotopic (exact) mass is 295 g/mol. The van der Waals surface area contributed by atoms with Gasteiger partial charge in [-0.05, 0) is 13.8 Å². The number of fused-ring (bicyclic) bond motifs is 1. The van der Waals surface area contributed by atoms with E-state index >= 15 is 0 Å². The molecule has 0 aromatic carbocycles. The number of rotatable bonds is 4. The van der Waals surface area contributed by atoms with Crippen molar-refractivity contribution in [3.8, 4) is 12.3 Å². The molecular weight excluding hydrogens is 274 g/mol. The highest BCUT2D eigenvalue weighted by molar-refractivity contribution is 5.73. The number of hydrogen-bond donors (Lipinski definition) is 1. The summed E-state index contributed by atoms with van der Waals surface area (Å²) in [5, 5.41) is 2.80. The molecule has 6 heteroatoms. The molecule has 2 fully saturated rings. The molecule has 0 unspecified atom stereocenters. The molecule has 2 saturated heterocycles. The Bertz CT molecular complexity index is 455. The summed E-state index contributed by atoms with van der Waals surface area (Å²) in [6.07, 6.45) is 4.90. The van der Waals surface area contributed by atoms with Gasteiger partial charge in [-0.15, -0.1) is 13.0 Å². The Morgan fingerprint density at radius 1 is 1.48 bits per heavy atom. The molecule has 6 nitrogen and oxygen atoms in total. The van der Waals surface area contributed by atoms with Crippen molar-refractivity contribution >= 4 is 5.91 Å². The van der Waals surface area contributed by atoms with Crippen LogP contribution in [0.4, 0.5) is 0 Å². The summed E-state index contributed by atoms with van der Waals surface area (Å²) in [5.41, 5.74) is 0. The molecule has 0 bridgehead atoms.